The molecule has 0 N–H and O–H groups in total. The minimum atomic E-state index is -0.507. The fourth-order valence-corrected chi connectivity index (χ4v) is 2.46. The molecule has 2 radical (unpaired) electrons. The quantitative estimate of drug-likeness (QED) is 0.614. The molecule has 1 aliphatic heterocycles. The summed E-state index contributed by atoms with van der Waals surface area (Å²) in [6.45, 7) is 4.22. The van der Waals surface area contributed by atoms with Gasteiger partial charge in [0.1, 0.15) is 14.5 Å². The molecular weight excluding hydrogens is 239 g/mol. The Kier molecular flexibility index (Phi) is 4.30. The van der Waals surface area contributed by atoms with E-state index < -0.39 is 5.60 Å². The van der Waals surface area contributed by atoms with Gasteiger partial charge in [-0.25, -0.2) is 0 Å². The van der Waals surface area contributed by atoms with Gasteiger partial charge >= 0.3 is 5.97 Å². The van der Waals surface area contributed by atoms with Gasteiger partial charge in [-0.05, 0) is 25.3 Å². The lowest BCUT2D eigenvalue weighted by atomic mass is 9.83. The van der Waals surface area contributed by atoms with Crippen LogP contribution in [0.15, 0.2) is 30.3 Å². The zero-order valence-corrected chi connectivity index (χ0v) is 11.5. The summed E-state index contributed by atoms with van der Waals surface area (Å²) < 4.78 is 11.0. The molecule has 0 amide bonds. The summed E-state index contributed by atoms with van der Waals surface area (Å²) in [6, 6.07) is 9.27. The van der Waals surface area contributed by atoms with Crippen molar-refractivity contribution in [2.24, 2.45) is 5.92 Å². The number of hydrogen-bond acceptors (Lipinski definition) is 3. The number of esters is 1. The van der Waals surface area contributed by atoms with Gasteiger partial charge in [0.15, 0.2) is 0 Å². The molecule has 1 heterocycles. The summed E-state index contributed by atoms with van der Waals surface area (Å²) in [5.74, 6) is -0.502. The van der Waals surface area contributed by atoms with Crippen molar-refractivity contribution in [3.63, 3.8) is 0 Å². The average Bonchev–Trinajstić information content (AvgIpc) is 2.73. The largest absolute Gasteiger partial charge is 0.461 e. The van der Waals surface area contributed by atoms with E-state index in [1.54, 1.807) is 0 Å². The highest BCUT2D eigenvalue weighted by Crippen LogP contribution is 2.38. The van der Waals surface area contributed by atoms with E-state index in [-0.39, 0.29) is 17.9 Å². The van der Waals surface area contributed by atoms with Crippen LogP contribution in [0.3, 0.4) is 0 Å². The smallest absolute Gasteiger partial charge is 0.312 e. The molecule has 100 valence electrons. The SMILES string of the molecule is [B][C@H]1C[C@H](C(=O)OCc2ccccc2)C(C)(CC)O1. The fourth-order valence-electron chi connectivity index (χ4n) is 2.46. The van der Waals surface area contributed by atoms with Gasteiger partial charge < -0.3 is 9.47 Å². The number of rotatable bonds is 4. The standard InChI is InChI=1S/C15H19BO3/c1-3-15(2)12(9-13(16)19-15)14(17)18-10-11-7-5-4-6-8-11/h4-8,12-13H,3,9-10H2,1-2H3/t12-,13-,15?/m1/s1. The van der Waals surface area contributed by atoms with Gasteiger partial charge in [0.05, 0.1) is 11.5 Å². The fraction of sp³-hybridized carbons (Fsp3) is 0.533. The first-order valence-electron chi connectivity index (χ1n) is 6.69. The van der Waals surface area contributed by atoms with E-state index in [4.69, 9.17) is 17.3 Å². The van der Waals surface area contributed by atoms with Crippen LogP contribution in [0.25, 0.3) is 0 Å². The molecule has 2 rings (SSSR count). The van der Waals surface area contributed by atoms with Gasteiger partial charge in [-0.15, -0.1) is 0 Å². The van der Waals surface area contributed by atoms with E-state index in [1.165, 1.54) is 0 Å². The van der Waals surface area contributed by atoms with Crippen LogP contribution in [-0.4, -0.2) is 25.4 Å². The van der Waals surface area contributed by atoms with E-state index in [0.717, 1.165) is 12.0 Å². The lowest BCUT2D eigenvalue weighted by molar-refractivity contribution is -0.156. The third-order valence-corrected chi connectivity index (χ3v) is 3.84. The van der Waals surface area contributed by atoms with E-state index >= 15 is 0 Å². The van der Waals surface area contributed by atoms with Crippen molar-refractivity contribution in [2.45, 2.75) is 44.9 Å². The Balaban J connectivity index is 1.96. The lowest BCUT2D eigenvalue weighted by Gasteiger charge is -2.28. The number of carbonyl (C=O) groups excluding carboxylic acids is 1. The van der Waals surface area contributed by atoms with Crippen LogP contribution in [-0.2, 0) is 20.9 Å². The average molecular weight is 258 g/mol. The minimum absolute atomic E-state index is 0.221. The molecule has 0 aliphatic carbocycles. The molecule has 1 fully saturated rings. The highest BCUT2D eigenvalue weighted by Gasteiger charge is 2.46. The van der Waals surface area contributed by atoms with Crippen LogP contribution < -0.4 is 0 Å². The van der Waals surface area contributed by atoms with Crippen molar-refractivity contribution >= 4 is 13.8 Å². The maximum Gasteiger partial charge on any atom is 0.312 e. The van der Waals surface area contributed by atoms with Crippen molar-refractivity contribution in [1.29, 1.82) is 0 Å². The van der Waals surface area contributed by atoms with Crippen LogP contribution in [0, 0.1) is 5.92 Å². The van der Waals surface area contributed by atoms with Crippen molar-refractivity contribution in [3.05, 3.63) is 35.9 Å². The molecule has 3 atom stereocenters. The Labute approximate surface area is 115 Å². The summed E-state index contributed by atoms with van der Waals surface area (Å²) in [5, 5.41) is 0. The Bertz CT molecular complexity index is 434. The van der Waals surface area contributed by atoms with Crippen molar-refractivity contribution in [1.82, 2.24) is 0 Å². The molecule has 1 unspecified atom stereocenters. The van der Waals surface area contributed by atoms with Gasteiger partial charge in [-0.2, -0.15) is 0 Å². The summed E-state index contributed by atoms with van der Waals surface area (Å²) in [4.78, 5) is 12.2. The Morgan fingerprint density at radius 2 is 2.16 bits per heavy atom. The molecule has 0 aromatic heterocycles. The Morgan fingerprint density at radius 3 is 2.79 bits per heavy atom. The first-order valence-corrected chi connectivity index (χ1v) is 6.69. The molecular formula is C15H19BO3. The van der Waals surface area contributed by atoms with E-state index in [2.05, 4.69) is 0 Å². The zero-order chi connectivity index (χ0) is 13.9. The second-order valence-electron chi connectivity index (χ2n) is 5.20. The maximum absolute atomic E-state index is 12.2. The van der Waals surface area contributed by atoms with E-state index in [0.29, 0.717) is 13.0 Å². The maximum atomic E-state index is 12.2. The Morgan fingerprint density at radius 1 is 1.47 bits per heavy atom. The predicted octanol–water partition coefficient (Wildman–Crippen LogP) is 2.43. The summed E-state index contributed by atoms with van der Waals surface area (Å²) in [6.07, 6.45) is 1.27. The van der Waals surface area contributed by atoms with Crippen LogP contribution in [0.2, 0.25) is 0 Å². The molecule has 0 bridgehead atoms. The first kappa shape index (κ1) is 14.1. The van der Waals surface area contributed by atoms with Gasteiger partial charge in [0.2, 0.25) is 0 Å². The van der Waals surface area contributed by atoms with E-state index in [1.807, 2.05) is 44.2 Å². The van der Waals surface area contributed by atoms with Crippen molar-refractivity contribution in [3.8, 4) is 0 Å². The van der Waals surface area contributed by atoms with Gasteiger partial charge in [-0.1, -0.05) is 37.3 Å². The van der Waals surface area contributed by atoms with Gasteiger partial charge in [0, 0.05) is 6.00 Å². The number of hydrogen-bond donors (Lipinski definition) is 0. The predicted molar refractivity (Wildman–Crippen MR) is 73.7 cm³/mol. The van der Waals surface area contributed by atoms with Crippen LogP contribution in [0.1, 0.15) is 32.3 Å². The number of carbonyl (C=O) groups is 1. The van der Waals surface area contributed by atoms with Crippen molar-refractivity contribution < 1.29 is 14.3 Å². The molecule has 4 heteroatoms. The molecule has 0 spiro atoms. The molecule has 1 aromatic carbocycles. The Hall–Kier alpha value is -1.29. The van der Waals surface area contributed by atoms with Crippen LogP contribution in [0.4, 0.5) is 0 Å². The molecule has 0 saturated carbocycles. The highest BCUT2D eigenvalue weighted by atomic mass is 16.5. The molecule has 19 heavy (non-hydrogen) atoms. The molecule has 1 saturated heterocycles. The third-order valence-electron chi connectivity index (χ3n) is 3.84. The monoisotopic (exact) mass is 258 g/mol. The van der Waals surface area contributed by atoms with Crippen LogP contribution >= 0.6 is 0 Å². The molecule has 3 nitrogen and oxygen atoms in total. The topological polar surface area (TPSA) is 35.5 Å². The van der Waals surface area contributed by atoms with Gasteiger partial charge in [-0.3, -0.25) is 4.79 Å². The lowest BCUT2D eigenvalue weighted by Crippen LogP contribution is -2.37. The third kappa shape index (κ3) is 3.18. The highest BCUT2D eigenvalue weighted by molar-refractivity contribution is 6.11. The summed E-state index contributed by atoms with van der Waals surface area (Å²) in [5.41, 5.74) is 0.477. The number of benzene rings is 1. The van der Waals surface area contributed by atoms with Crippen LogP contribution in [0.5, 0.6) is 0 Å². The van der Waals surface area contributed by atoms with Crippen molar-refractivity contribution in [2.75, 3.05) is 0 Å². The first-order chi connectivity index (χ1) is 9.05. The molecule has 1 aliphatic rings. The zero-order valence-electron chi connectivity index (χ0n) is 11.5. The van der Waals surface area contributed by atoms with E-state index in [9.17, 15) is 4.79 Å². The molecule has 1 aromatic rings. The normalized spacial score (nSPS) is 30.2. The minimum Gasteiger partial charge on any atom is -0.461 e. The second-order valence-corrected chi connectivity index (χ2v) is 5.20. The van der Waals surface area contributed by atoms with Gasteiger partial charge in [0.25, 0.3) is 0 Å². The second kappa shape index (κ2) is 5.78. The summed E-state index contributed by atoms with van der Waals surface area (Å²) >= 11 is 0. The number of ether oxygens (including phenoxy) is 2. The summed E-state index contributed by atoms with van der Waals surface area (Å²) in [7, 11) is 5.79.